The summed E-state index contributed by atoms with van der Waals surface area (Å²) in [4.78, 5) is 22.1. The standard InChI is InChI=1S/C19H17NO3/c21-19(14-7-15-20(22)23)18-13-5-4-11-17(18)12-6-10-16-8-2-1-3-9-16/h1-5,8-9,11,13H,7,10,14-15H2. The SMILES string of the molecule is O=C(CCC[N+](=O)[O-])c1ccccc1C#CCc1ccccc1. The van der Waals surface area contributed by atoms with Gasteiger partial charge in [-0.1, -0.05) is 60.4 Å². The van der Waals surface area contributed by atoms with E-state index >= 15 is 0 Å². The van der Waals surface area contributed by atoms with E-state index in [0.717, 1.165) is 5.56 Å². The Labute approximate surface area is 135 Å². The summed E-state index contributed by atoms with van der Waals surface area (Å²) < 4.78 is 0. The molecule has 0 aromatic heterocycles. The van der Waals surface area contributed by atoms with E-state index in [4.69, 9.17) is 0 Å². The molecule has 0 amide bonds. The third-order valence-corrected chi connectivity index (χ3v) is 3.33. The van der Waals surface area contributed by atoms with Crippen LogP contribution in [0, 0.1) is 22.0 Å². The molecule has 0 aliphatic carbocycles. The van der Waals surface area contributed by atoms with E-state index in [1.807, 2.05) is 36.4 Å². The van der Waals surface area contributed by atoms with Gasteiger partial charge in [0.2, 0.25) is 6.54 Å². The van der Waals surface area contributed by atoms with Gasteiger partial charge in [-0.25, -0.2) is 0 Å². The molecular formula is C19H17NO3. The highest BCUT2D eigenvalue weighted by molar-refractivity contribution is 5.98. The van der Waals surface area contributed by atoms with Crippen molar-refractivity contribution < 1.29 is 9.72 Å². The number of nitro groups is 1. The highest BCUT2D eigenvalue weighted by atomic mass is 16.6. The quantitative estimate of drug-likeness (QED) is 0.355. The van der Waals surface area contributed by atoms with Gasteiger partial charge in [-0.15, -0.1) is 0 Å². The first-order chi connectivity index (χ1) is 11.2. The second-order valence-electron chi connectivity index (χ2n) is 5.09. The van der Waals surface area contributed by atoms with Gasteiger partial charge in [0.05, 0.1) is 0 Å². The fourth-order valence-electron chi connectivity index (χ4n) is 2.18. The zero-order valence-corrected chi connectivity index (χ0v) is 12.7. The molecule has 0 bridgehead atoms. The Kier molecular flexibility index (Phi) is 6.07. The Hall–Kier alpha value is -2.93. The third-order valence-electron chi connectivity index (χ3n) is 3.33. The Morgan fingerprint density at radius 2 is 1.74 bits per heavy atom. The van der Waals surface area contributed by atoms with Crippen molar-refractivity contribution in [2.75, 3.05) is 6.54 Å². The lowest BCUT2D eigenvalue weighted by molar-refractivity contribution is -0.480. The molecule has 2 aromatic rings. The molecule has 2 aromatic carbocycles. The van der Waals surface area contributed by atoms with Crippen LogP contribution in [0.2, 0.25) is 0 Å². The van der Waals surface area contributed by atoms with Gasteiger partial charge in [0, 0.05) is 35.3 Å². The Morgan fingerprint density at radius 3 is 2.48 bits per heavy atom. The molecule has 0 saturated carbocycles. The molecule has 0 aliphatic rings. The van der Waals surface area contributed by atoms with Gasteiger partial charge in [0.25, 0.3) is 0 Å². The second kappa shape index (κ2) is 8.50. The number of hydrogen-bond donors (Lipinski definition) is 0. The van der Waals surface area contributed by atoms with Crippen molar-refractivity contribution in [3.63, 3.8) is 0 Å². The smallest absolute Gasteiger partial charge is 0.204 e. The number of ketones is 1. The van der Waals surface area contributed by atoms with Crippen LogP contribution in [0.3, 0.4) is 0 Å². The van der Waals surface area contributed by atoms with Crippen LogP contribution in [0.25, 0.3) is 0 Å². The van der Waals surface area contributed by atoms with E-state index < -0.39 is 4.92 Å². The molecule has 0 atom stereocenters. The minimum Gasteiger partial charge on any atom is -0.294 e. The van der Waals surface area contributed by atoms with Crippen LogP contribution in [-0.2, 0) is 6.42 Å². The molecule has 23 heavy (non-hydrogen) atoms. The maximum atomic E-state index is 12.2. The number of benzene rings is 2. The van der Waals surface area contributed by atoms with Crippen LogP contribution in [0.4, 0.5) is 0 Å². The van der Waals surface area contributed by atoms with Crippen molar-refractivity contribution in [2.45, 2.75) is 19.3 Å². The number of rotatable bonds is 6. The van der Waals surface area contributed by atoms with Gasteiger partial charge in [0.15, 0.2) is 5.78 Å². The zero-order valence-electron chi connectivity index (χ0n) is 12.7. The van der Waals surface area contributed by atoms with E-state index in [1.165, 1.54) is 0 Å². The average Bonchev–Trinajstić information content (AvgIpc) is 2.56. The van der Waals surface area contributed by atoms with E-state index in [9.17, 15) is 14.9 Å². The highest BCUT2D eigenvalue weighted by Crippen LogP contribution is 2.11. The average molecular weight is 307 g/mol. The van der Waals surface area contributed by atoms with Crippen molar-refractivity contribution in [1.82, 2.24) is 0 Å². The summed E-state index contributed by atoms with van der Waals surface area (Å²) in [5, 5.41) is 10.3. The summed E-state index contributed by atoms with van der Waals surface area (Å²) in [6.45, 7) is -0.187. The summed E-state index contributed by atoms with van der Waals surface area (Å²) >= 11 is 0. The molecule has 0 fully saturated rings. The van der Waals surface area contributed by atoms with Gasteiger partial charge in [-0.3, -0.25) is 14.9 Å². The van der Waals surface area contributed by atoms with Crippen LogP contribution >= 0.6 is 0 Å². The predicted octanol–water partition coefficient (Wildman–Crippen LogP) is 3.52. The Balaban J connectivity index is 2.05. The predicted molar refractivity (Wildman–Crippen MR) is 88.9 cm³/mol. The molecule has 116 valence electrons. The molecule has 0 heterocycles. The number of nitrogens with zero attached hydrogens (tertiary/aromatic N) is 1. The van der Waals surface area contributed by atoms with E-state index in [-0.39, 0.29) is 25.2 Å². The fourth-order valence-corrected chi connectivity index (χ4v) is 2.18. The van der Waals surface area contributed by atoms with Crippen LogP contribution < -0.4 is 0 Å². The lowest BCUT2D eigenvalue weighted by atomic mass is 10.0. The van der Waals surface area contributed by atoms with Crippen molar-refractivity contribution >= 4 is 5.78 Å². The lowest BCUT2D eigenvalue weighted by Gasteiger charge is -2.02. The normalized spacial score (nSPS) is 9.74. The fraction of sp³-hybridized carbons (Fsp3) is 0.211. The van der Waals surface area contributed by atoms with E-state index in [2.05, 4.69) is 11.8 Å². The van der Waals surface area contributed by atoms with Gasteiger partial charge in [-0.2, -0.15) is 0 Å². The summed E-state index contributed by atoms with van der Waals surface area (Å²) in [6, 6.07) is 17.0. The van der Waals surface area contributed by atoms with Crippen LogP contribution in [-0.4, -0.2) is 17.3 Å². The van der Waals surface area contributed by atoms with Crippen molar-refractivity contribution in [1.29, 1.82) is 0 Å². The largest absolute Gasteiger partial charge is 0.294 e. The molecule has 0 N–H and O–H groups in total. The van der Waals surface area contributed by atoms with Crippen LogP contribution in [0.5, 0.6) is 0 Å². The Bertz CT molecular complexity index is 742. The number of hydrogen-bond acceptors (Lipinski definition) is 3. The maximum absolute atomic E-state index is 12.2. The first kappa shape index (κ1) is 16.4. The van der Waals surface area contributed by atoms with Crippen molar-refractivity contribution in [2.24, 2.45) is 0 Å². The van der Waals surface area contributed by atoms with Crippen molar-refractivity contribution in [3.8, 4) is 11.8 Å². The molecular weight excluding hydrogens is 290 g/mol. The molecule has 4 heteroatoms. The van der Waals surface area contributed by atoms with Crippen LogP contribution in [0.1, 0.15) is 34.3 Å². The Morgan fingerprint density at radius 1 is 1.04 bits per heavy atom. The zero-order chi connectivity index (χ0) is 16.5. The number of carbonyl (C=O) groups is 1. The maximum Gasteiger partial charge on any atom is 0.204 e. The van der Waals surface area contributed by atoms with Crippen LogP contribution in [0.15, 0.2) is 54.6 Å². The first-order valence-electron chi connectivity index (χ1n) is 7.43. The van der Waals surface area contributed by atoms with Gasteiger partial charge in [0.1, 0.15) is 0 Å². The number of carbonyl (C=O) groups excluding carboxylic acids is 1. The first-order valence-corrected chi connectivity index (χ1v) is 7.43. The second-order valence-corrected chi connectivity index (χ2v) is 5.09. The van der Waals surface area contributed by atoms with E-state index in [0.29, 0.717) is 17.5 Å². The summed E-state index contributed by atoms with van der Waals surface area (Å²) in [5.41, 5.74) is 2.33. The molecule has 0 aliphatic heterocycles. The minimum absolute atomic E-state index is 0.100. The lowest BCUT2D eigenvalue weighted by Crippen LogP contribution is -2.06. The summed E-state index contributed by atoms with van der Waals surface area (Å²) in [5.74, 6) is 6.01. The summed E-state index contributed by atoms with van der Waals surface area (Å²) in [6.07, 6.45) is 1.03. The molecule has 2 rings (SSSR count). The third kappa shape index (κ3) is 5.40. The number of Topliss-reactive ketones (excluding diaryl/α,β-unsaturated/α-hetero) is 1. The van der Waals surface area contributed by atoms with E-state index in [1.54, 1.807) is 18.2 Å². The molecule has 4 nitrogen and oxygen atoms in total. The molecule has 0 saturated heterocycles. The monoisotopic (exact) mass is 307 g/mol. The molecule has 0 unspecified atom stereocenters. The molecule has 0 spiro atoms. The molecule has 0 radical (unpaired) electrons. The van der Waals surface area contributed by atoms with Gasteiger partial charge < -0.3 is 0 Å². The van der Waals surface area contributed by atoms with Gasteiger partial charge >= 0.3 is 0 Å². The minimum atomic E-state index is -0.404. The topological polar surface area (TPSA) is 60.2 Å². The van der Waals surface area contributed by atoms with Gasteiger partial charge in [-0.05, 0) is 11.6 Å². The highest BCUT2D eigenvalue weighted by Gasteiger charge is 2.10. The van der Waals surface area contributed by atoms with Crippen molar-refractivity contribution in [3.05, 3.63) is 81.4 Å². The summed E-state index contributed by atoms with van der Waals surface area (Å²) in [7, 11) is 0.